The first-order valence-corrected chi connectivity index (χ1v) is 15.4. The minimum Gasteiger partial charge on any atom is -0.0835 e. The highest BCUT2D eigenvalue weighted by Gasteiger charge is 2.59. The lowest BCUT2D eigenvalue weighted by Gasteiger charge is -2.37. The molecule has 0 N–H and O–H groups in total. The van der Waals surface area contributed by atoms with E-state index in [4.69, 9.17) is 0 Å². The molecule has 0 radical (unpaired) electrons. The maximum Gasteiger partial charge on any atom is 0.0142 e. The van der Waals surface area contributed by atoms with Crippen molar-refractivity contribution in [1.82, 2.24) is 0 Å². The molecule has 6 aliphatic rings. The smallest absolute Gasteiger partial charge is 0.0142 e. The van der Waals surface area contributed by atoms with Crippen LogP contribution in [0.3, 0.4) is 0 Å². The Morgan fingerprint density at radius 3 is 2.15 bits per heavy atom. The summed E-state index contributed by atoms with van der Waals surface area (Å²) in [5.41, 5.74) is 11.6. The maximum atomic E-state index is 2.69. The Hall–Kier alpha value is -4.16. The number of fused-ring (bicyclic) bond motifs is 4. The molecular weight excluding hydrogens is 480 g/mol. The minimum absolute atomic E-state index is 0.534. The highest BCUT2D eigenvalue weighted by molar-refractivity contribution is 6.56. The van der Waals surface area contributed by atoms with Gasteiger partial charge in [-0.3, -0.25) is 0 Å². The summed E-state index contributed by atoms with van der Waals surface area (Å²) >= 11 is 0. The van der Waals surface area contributed by atoms with Gasteiger partial charge in [0.1, 0.15) is 0 Å². The molecule has 9 aromatic carbocycles. The summed E-state index contributed by atoms with van der Waals surface area (Å²) in [4.78, 5) is 0. The molecular formula is C40H20. The molecule has 1 fully saturated rings. The predicted octanol–water partition coefficient (Wildman–Crippen LogP) is 9.34. The second-order valence-electron chi connectivity index (χ2n) is 14.5. The van der Waals surface area contributed by atoms with E-state index in [2.05, 4.69) is 62.4 Å². The van der Waals surface area contributed by atoms with Gasteiger partial charge in [0.2, 0.25) is 0 Å². The van der Waals surface area contributed by atoms with Crippen molar-refractivity contribution in [2.75, 3.05) is 0 Å². The molecule has 0 aromatic heterocycles. The van der Waals surface area contributed by atoms with Crippen molar-refractivity contribution in [2.24, 2.45) is 17.8 Å². The average Bonchev–Trinajstić information content (AvgIpc) is 3.78. The molecule has 0 aliphatic heterocycles. The molecule has 6 aliphatic carbocycles. The Labute approximate surface area is 227 Å². The number of hydrogen-bond acceptors (Lipinski definition) is 0. The molecule has 0 amide bonds. The van der Waals surface area contributed by atoms with Gasteiger partial charge < -0.3 is 0 Å². The molecule has 0 heteroatoms. The van der Waals surface area contributed by atoms with Gasteiger partial charge >= 0.3 is 0 Å². The zero-order chi connectivity index (χ0) is 25.0. The number of aryl methyl sites for hydroxylation is 2. The standard InChI is InChI=1S/C40H20/c1-11-13-3-5-15-17-7-9-19-20-10-8-18-16-6-4-14-12(2)22-21(11)31-23(13)25(15)33-27(17)29(19)35-30(20)28(18)34-26(16)24(14)32(22)37-36(31)38(33)40(35)39(34)37/h3-10,15,17,19,25,27,29H,1-2H3. The second kappa shape index (κ2) is 4.53. The predicted molar refractivity (Wildman–Crippen MR) is 167 cm³/mol. The summed E-state index contributed by atoms with van der Waals surface area (Å²) in [5.74, 6) is 3.61. The quantitative estimate of drug-likeness (QED) is 0.144. The Balaban J connectivity index is 1.50. The minimum atomic E-state index is 0.534. The molecule has 6 unspecified atom stereocenters. The second-order valence-corrected chi connectivity index (χ2v) is 14.5. The Kier molecular flexibility index (Phi) is 1.98. The molecule has 9 aromatic rings. The van der Waals surface area contributed by atoms with Gasteiger partial charge in [-0.15, -0.1) is 0 Å². The van der Waals surface area contributed by atoms with E-state index in [1.807, 2.05) is 5.57 Å². The summed E-state index contributed by atoms with van der Waals surface area (Å²) in [6.45, 7) is 4.88. The fourth-order valence-corrected chi connectivity index (χ4v) is 13.1. The first kappa shape index (κ1) is 17.5. The van der Waals surface area contributed by atoms with Crippen LogP contribution in [-0.4, -0.2) is 0 Å². The van der Waals surface area contributed by atoms with Crippen molar-refractivity contribution in [3.8, 4) is 0 Å². The third-order valence-electron chi connectivity index (χ3n) is 13.9. The van der Waals surface area contributed by atoms with Crippen molar-refractivity contribution in [2.45, 2.75) is 31.6 Å². The summed E-state index contributed by atoms with van der Waals surface area (Å²) < 4.78 is 0. The number of hydrogen-bond donors (Lipinski definition) is 0. The topological polar surface area (TPSA) is 0 Å². The molecule has 40 heavy (non-hydrogen) atoms. The molecule has 0 nitrogen and oxygen atoms in total. The van der Waals surface area contributed by atoms with E-state index >= 15 is 0 Å². The van der Waals surface area contributed by atoms with Gasteiger partial charge in [-0.05, 0) is 162 Å². The lowest BCUT2D eigenvalue weighted by Crippen LogP contribution is -2.31. The zero-order valence-electron chi connectivity index (χ0n) is 22.1. The van der Waals surface area contributed by atoms with Gasteiger partial charge in [0.15, 0.2) is 0 Å². The highest BCUT2D eigenvalue weighted by atomic mass is 14.6. The lowest BCUT2D eigenvalue weighted by molar-refractivity contribution is 0.355. The summed E-state index contributed by atoms with van der Waals surface area (Å²) in [6.07, 6.45) is 10.6. The molecule has 0 bridgehead atoms. The van der Waals surface area contributed by atoms with Crippen LogP contribution in [-0.2, 0) is 0 Å². The molecule has 0 spiro atoms. The van der Waals surface area contributed by atoms with Gasteiger partial charge in [0.05, 0.1) is 0 Å². The monoisotopic (exact) mass is 500 g/mol. The highest BCUT2D eigenvalue weighted by Crippen LogP contribution is 2.73. The Morgan fingerprint density at radius 2 is 1.23 bits per heavy atom. The molecule has 1 saturated carbocycles. The largest absolute Gasteiger partial charge is 0.0835 e. The van der Waals surface area contributed by atoms with Gasteiger partial charge in [-0.2, -0.15) is 0 Å². The van der Waals surface area contributed by atoms with Gasteiger partial charge in [0.25, 0.3) is 0 Å². The first-order chi connectivity index (χ1) is 19.8. The fourth-order valence-electron chi connectivity index (χ4n) is 13.1. The molecule has 15 rings (SSSR count). The van der Waals surface area contributed by atoms with E-state index < -0.39 is 0 Å². The number of allylic oxidation sites excluding steroid dienone is 3. The SMILES string of the molecule is Cc1c2c3c4c1c1c(C)c5ccc6c7ccc8c9c%10c%11c(c4c4c%11c(c97)c6c5c14)=C1C3C(C=C2)C2C=CC8C%10C12. The average molecular weight is 501 g/mol. The van der Waals surface area contributed by atoms with Gasteiger partial charge in [-0.25, -0.2) is 0 Å². The van der Waals surface area contributed by atoms with E-state index in [1.165, 1.54) is 21.7 Å². The van der Waals surface area contributed by atoms with Gasteiger partial charge in [0, 0.05) is 17.8 Å². The third kappa shape index (κ3) is 1.18. The third-order valence-corrected chi connectivity index (χ3v) is 13.9. The van der Waals surface area contributed by atoms with Crippen molar-refractivity contribution in [1.29, 1.82) is 0 Å². The molecule has 180 valence electrons. The van der Waals surface area contributed by atoms with Gasteiger partial charge in [-0.1, -0.05) is 48.6 Å². The summed E-state index contributed by atoms with van der Waals surface area (Å²) in [7, 11) is 0. The van der Waals surface area contributed by atoms with E-state index in [0.717, 1.165) is 0 Å². The Morgan fingerprint density at radius 1 is 0.500 bits per heavy atom. The van der Waals surface area contributed by atoms with Crippen LogP contribution in [0.25, 0.3) is 97.8 Å². The zero-order valence-corrected chi connectivity index (χ0v) is 22.1. The number of benzene rings is 5. The van der Waals surface area contributed by atoms with E-state index in [-0.39, 0.29) is 0 Å². The maximum absolute atomic E-state index is 2.69. The van der Waals surface area contributed by atoms with Crippen molar-refractivity contribution in [3.05, 3.63) is 81.1 Å². The van der Waals surface area contributed by atoms with Crippen molar-refractivity contribution >= 4 is 97.8 Å². The molecule has 6 atom stereocenters. The number of rotatable bonds is 0. The van der Waals surface area contributed by atoms with Crippen molar-refractivity contribution in [3.63, 3.8) is 0 Å². The summed E-state index contributed by atoms with van der Waals surface area (Å²) in [6, 6.07) is 10.0. The van der Waals surface area contributed by atoms with Crippen LogP contribution in [0.1, 0.15) is 51.1 Å². The van der Waals surface area contributed by atoms with Crippen LogP contribution < -0.4 is 5.22 Å². The van der Waals surface area contributed by atoms with Crippen LogP contribution in [0.2, 0.25) is 0 Å². The summed E-state index contributed by atoms with van der Waals surface area (Å²) in [5, 5.41) is 27.4. The van der Waals surface area contributed by atoms with Crippen LogP contribution in [0, 0.1) is 31.6 Å². The van der Waals surface area contributed by atoms with Crippen LogP contribution in [0.5, 0.6) is 0 Å². The lowest BCUT2D eigenvalue weighted by atomic mass is 9.65. The van der Waals surface area contributed by atoms with Crippen LogP contribution >= 0.6 is 0 Å². The molecule has 0 saturated heterocycles. The van der Waals surface area contributed by atoms with Crippen LogP contribution in [0.4, 0.5) is 0 Å². The Bertz CT molecular complexity index is 2960. The molecule has 0 heterocycles. The van der Waals surface area contributed by atoms with E-state index in [1.54, 1.807) is 103 Å². The first-order valence-electron chi connectivity index (χ1n) is 15.4. The van der Waals surface area contributed by atoms with E-state index in [9.17, 15) is 0 Å². The van der Waals surface area contributed by atoms with E-state index in [0.29, 0.717) is 35.5 Å². The fraction of sp³-hybridized carbons (Fsp3) is 0.200. The van der Waals surface area contributed by atoms with Crippen LogP contribution in [0.15, 0.2) is 42.5 Å². The van der Waals surface area contributed by atoms with Crippen molar-refractivity contribution < 1.29 is 0 Å². The normalized spacial score (nSPS) is 30.0.